The lowest BCUT2D eigenvalue weighted by molar-refractivity contribution is 0.0514. The van der Waals surface area contributed by atoms with Crippen LogP contribution < -0.4 is 0 Å². The minimum absolute atomic E-state index is 0.202. The highest BCUT2D eigenvalue weighted by atomic mass is 16.5. The van der Waals surface area contributed by atoms with Crippen LogP contribution in [-0.4, -0.2) is 17.7 Å². The summed E-state index contributed by atoms with van der Waals surface area (Å²) in [6.45, 7) is 6.12. The topological polar surface area (TPSA) is 52.3 Å². The molecule has 18 heavy (non-hydrogen) atoms. The van der Waals surface area contributed by atoms with E-state index in [1.165, 1.54) is 5.56 Å². The zero-order valence-corrected chi connectivity index (χ0v) is 10.7. The van der Waals surface area contributed by atoms with Crippen LogP contribution in [0.15, 0.2) is 28.8 Å². The molecule has 2 rings (SSSR count). The second-order valence-electron chi connectivity index (χ2n) is 4.04. The maximum absolute atomic E-state index is 11.5. The van der Waals surface area contributed by atoms with Gasteiger partial charge in [0.2, 0.25) is 0 Å². The van der Waals surface area contributed by atoms with Crippen molar-refractivity contribution in [2.75, 3.05) is 6.61 Å². The zero-order valence-electron chi connectivity index (χ0n) is 10.7. The fraction of sp³-hybridized carbons (Fsp3) is 0.286. The molecule has 4 nitrogen and oxygen atoms in total. The average Bonchev–Trinajstić information content (AvgIpc) is 2.82. The predicted octanol–water partition coefficient (Wildman–Crippen LogP) is 3.14. The minimum atomic E-state index is -0.460. The van der Waals surface area contributed by atoms with E-state index in [9.17, 15) is 4.79 Å². The van der Waals surface area contributed by atoms with Gasteiger partial charge in [0.15, 0.2) is 11.5 Å². The van der Waals surface area contributed by atoms with Crippen molar-refractivity contribution in [2.45, 2.75) is 20.8 Å². The Hall–Kier alpha value is -2.10. The molecule has 2 aromatic rings. The summed E-state index contributed by atoms with van der Waals surface area (Å²) in [6.07, 6.45) is 0. The summed E-state index contributed by atoms with van der Waals surface area (Å²) in [5.41, 5.74) is 3.43. The van der Waals surface area contributed by atoms with Crippen molar-refractivity contribution in [3.63, 3.8) is 0 Å². The van der Waals surface area contributed by atoms with Gasteiger partial charge in [-0.1, -0.05) is 23.4 Å². The molecule has 0 aliphatic heterocycles. The highest BCUT2D eigenvalue weighted by Gasteiger charge is 2.15. The quantitative estimate of drug-likeness (QED) is 0.779. The normalized spacial score (nSPS) is 10.4. The van der Waals surface area contributed by atoms with Crippen molar-refractivity contribution >= 4 is 5.97 Å². The van der Waals surface area contributed by atoms with Gasteiger partial charge >= 0.3 is 5.97 Å². The van der Waals surface area contributed by atoms with Crippen LogP contribution in [0.5, 0.6) is 0 Å². The van der Waals surface area contributed by atoms with Crippen molar-refractivity contribution < 1.29 is 14.1 Å². The van der Waals surface area contributed by atoms with Gasteiger partial charge in [0.1, 0.15) is 0 Å². The molecule has 4 heteroatoms. The summed E-state index contributed by atoms with van der Waals surface area (Å²) in [7, 11) is 0. The van der Waals surface area contributed by atoms with Crippen LogP contribution in [0.4, 0.5) is 0 Å². The molecule has 0 aliphatic carbocycles. The van der Waals surface area contributed by atoms with Crippen molar-refractivity contribution in [2.24, 2.45) is 0 Å². The Balaban J connectivity index is 2.35. The molecule has 0 radical (unpaired) electrons. The molecule has 0 unspecified atom stereocenters. The van der Waals surface area contributed by atoms with Crippen molar-refractivity contribution in [3.8, 4) is 11.3 Å². The van der Waals surface area contributed by atoms with Crippen molar-refractivity contribution in [1.82, 2.24) is 5.16 Å². The fourth-order valence-corrected chi connectivity index (χ4v) is 1.72. The molecule has 0 saturated carbocycles. The van der Waals surface area contributed by atoms with E-state index in [-0.39, 0.29) is 5.69 Å². The SMILES string of the molecule is CCOC(=O)c1cc(-c2cccc(C)c2C)on1. The van der Waals surface area contributed by atoms with E-state index in [0.717, 1.165) is 11.1 Å². The van der Waals surface area contributed by atoms with Crippen LogP contribution in [0.1, 0.15) is 28.5 Å². The lowest BCUT2D eigenvalue weighted by atomic mass is 10.0. The molecule has 0 atom stereocenters. The van der Waals surface area contributed by atoms with Crippen molar-refractivity contribution in [1.29, 1.82) is 0 Å². The highest BCUT2D eigenvalue weighted by molar-refractivity contribution is 5.88. The molecule has 1 heterocycles. The first kappa shape index (κ1) is 12.4. The van der Waals surface area contributed by atoms with Crippen LogP contribution in [0.2, 0.25) is 0 Å². The average molecular weight is 245 g/mol. The number of carbonyl (C=O) groups is 1. The molecule has 0 bridgehead atoms. The first-order chi connectivity index (χ1) is 8.63. The molecule has 1 aromatic carbocycles. The number of aryl methyl sites for hydroxylation is 1. The largest absolute Gasteiger partial charge is 0.461 e. The second kappa shape index (κ2) is 5.04. The third-order valence-corrected chi connectivity index (χ3v) is 2.86. The molecule has 0 saturated heterocycles. The van der Waals surface area contributed by atoms with Crippen LogP contribution in [0.25, 0.3) is 11.3 Å². The van der Waals surface area contributed by atoms with Crippen LogP contribution in [0.3, 0.4) is 0 Å². The number of hydrogen-bond donors (Lipinski definition) is 0. The molecule has 1 aromatic heterocycles. The summed E-state index contributed by atoms with van der Waals surface area (Å²) in [6, 6.07) is 7.53. The van der Waals surface area contributed by atoms with E-state index < -0.39 is 5.97 Å². The summed E-state index contributed by atoms with van der Waals surface area (Å²) < 4.78 is 10.1. The van der Waals surface area contributed by atoms with E-state index in [0.29, 0.717) is 12.4 Å². The Bertz CT molecular complexity index is 572. The van der Waals surface area contributed by atoms with Gasteiger partial charge in [-0.3, -0.25) is 0 Å². The molecule has 0 amide bonds. The van der Waals surface area contributed by atoms with Crippen molar-refractivity contribution in [3.05, 3.63) is 41.1 Å². The summed E-state index contributed by atoms with van der Waals surface area (Å²) in [5.74, 6) is 0.122. The van der Waals surface area contributed by atoms with Gasteiger partial charge in [-0.05, 0) is 31.9 Å². The van der Waals surface area contributed by atoms with Gasteiger partial charge in [0, 0.05) is 11.6 Å². The lowest BCUT2D eigenvalue weighted by Crippen LogP contribution is -2.04. The fourth-order valence-electron chi connectivity index (χ4n) is 1.72. The first-order valence-corrected chi connectivity index (χ1v) is 5.84. The Morgan fingerprint density at radius 2 is 2.17 bits per heavy atom. The Kier molecular flexibility index (Phi) is 3.46. The van der Waals surface area contributed by atoms with Crippen LogP contribution in [-0.2, 0) is 4.74 Å². The maximum Gasteiger partial charge on any atom is 0.360 e. The Morgan fingerprint density at radius 3 is 2.89 bits per heavy atom. The number of hydrogen-bond acceptors (Lipinski definition) is 4. The number of nitrogens with zero attached hydrogens (tertiary/aromatic N) is 1. The van der Waals surface area contributed by atoms with E-state index in [1.807, 2.05) is 32.0 Å². The number of ether oxygens (including phenoxy) is 1. The number of benzene rings is 1. The summed E-state index contributed by atoms with van der Waals surface area (Å²) in [4.78, 5) is 11.5. The molecule has 0 N–H and O–H groups in total. The van der Waals surface area contributed by atoms with Gasteiger partial charge < -0.3 is 9.26 Å². The number of aromatic nitrogens is 1. The minimum Gasteiger partial charge on any atom is -0.461 e. The van der Waals surface area contributed by atoms with E-state index in [2.05, 4.69) is 5.16 Å². The molecule has 0 aliphatic rings. The third-order valence-electron chi connectivity index (χ3n) is 2.86. The predicted molar refractivity (Wildman–Crippen MR) is 67.4 cm³/mol. The lowest BCUT2D eigenvalue weighted by Gasteiger charge is -2.04. The summed E-state index contributed by atoms with van der Waals surface area (Å²) >= 11 is 0. The summed E-state index contributed by atoms with van der Waals surface area (Å²) in [5, 5.41) is 3.73. The van der Waals surface area contributed by atoms with Gasteiger partial charge in [-0.25, -0.2) is 4.79 Å². The van der Waals surface area contributed by atoms with Gasteiger partial charge in [0.25, 0.3) is 0 Å². The number of rotatable bonds is 3. The number of carbonyl (C=O) groups excluding carboxylic acids is 1. The molecular formula is C14H15NO3. The van der Waals surface area contributed by atoms with Crippen LogP contribution in [0, 0.1) is 13.8 Å². The van der Waals surface area contributed by atoms with E-state index in [1.54, 1.807) is 13.0 Å². The van der Waals surface area contributed by atoms with E-state index >= 15 is 0 Å². The van der Waals surface area contributed by atoms with E-state index in [4.69, 9.17) is 9.26 Å². The monoisotopic (exact) mass is 245 g/mol. The van der Waals surface area contributed by atoms with Gasteiger partial charge in [0.05, 0.1) is 6.61 Å². The second-order valence-corrected chi connectivity index (χ2v) is 4.04. The molecule has 0 fully saturated rings. The number of esters is 1. The third kappa shape index (κ3) is 2.27. The zero-order chi connectivity index (χ0) is 13.1. The maximum atomic E-state index is 11.5. The smallest absolute Gasteiger partial charge is 0.360 e. The Labute approximate surface area is 106 Å². The standard InChI is InChI=1S/C14H15NO3/c1-4-17-14(16)12-8-13(18-15-12)11-7-5-6-9(2)10(11)3/h5-8H,4H2,1-3H3. The first-order valence-electron chi connectivity index (χ1n) is 5.84. The van der Waals surface area contributed by atoms with Gasteiger partial charge in [-0.2, -0.15) is 0 Å². The van der Waals surface area contributed by atoms with Crippen LogP contribution >= 0.6 is 0 Å². The van der Waals surface area contributed by atoms with Gasteiger partial charge in [-0.15, -0.1) is 0 Å². The Morgan fingerprint density at radius 1 is 1.39 bits per heavy atom. The molecular weight excluding hydrogens is 230 g/mol. The molecule has 0 spiro atoms. The highest BCUT2D eigenvalue weighted by Crippen LogP contribution is 2.26. The molecule has 94 valence electrons.